The van der Waals surface area contributed by atoms with Gasteiger partial charge in [0.15, 0.2) is 11.5 Å². The minimum absolute atomic E-state index is 0.270. The molecular weight excluding hydrogens is 304 g/mol. The van der Waals surface area contributed by atoms with Crippen molar-refractivity contribution in [2.24, 2.45) is 7.05 Å². The summed E-state index contributed by atoms with van der Waals surface area (Å²) < 4.78 is 11.6. The van der Waals surface area contributed by atoms with Gasteiger partial charge in [-0.2, -0.15) is 13.8 Å². The lowest BCUT2D eigenvalue weighted by molar-refractivity contribution is 0.102. The Balaban J connectivity index is 1.78. The quantitative estimate of drug-likeness (QED) is 0.762. The van der Waals surface area contributed by atoms with Gasteiger partial charge >= 0.3 is 0 Å². The molecule has 0 bridgehead atoms. The summed E-state index contributed by atoms with van der Waals surface area (Å²) in [6.45, 7) is 4.13. The van der Waals surface area contributed by atoms with Crippen molar-refractivity contribution in [3.8, 4) is 0 Å². The minimum Gasteiger partial charge on any atom is -0.304 e. The molecule has 0 saturated heterocycles. The van der Waals surface area contributed by atoms with E-state index in [1.54, 1.807) is 35.6 Å². The van der Waals surface area contributed by atoms with Gasteiger partial charge < -0.3 is 5.32 Å². The number of rotatable bonds is 4. The number of hydrogen-bond acceptors (Lipinski definition) is 7. The van der Waals surface area contributed by atoms with Gasteiger partial charge in [0.2, 0.25) is 0 Å². The van der Waals surface area contributed by atoms with Crippen LogP contribution in [0.25, 0.3) is 0 Å². The largest absolute Gasteiger partial charge is 0.304 e. The number of carbonyl (C=O) groups excluding carboxylic acids is 1. The number of aryl methyl sites for hydroxylation is 2. The van der Waals surface area contributed by atoms with Crippen LogP contribution in [0, 0.1) is 13.8 Å². The molecule has 1 amide bonds. The van der Waals surface area contributed by atoms with Crippen molar-refractivity contribution >= 4 is 23.5 Å². The van der Waals surface area contributed by atoms with Crippen LogP contribution in [-0.4, -0.2) is 39.4 Å². The predicted octanol–water partition coefficient (Wildman–Crippen LogP) is 0.781. The Hall–Kier alpha value is -2.62. The molecule has 3 rings (SSSR count). The zero-order chi connectivity index (χ0) is 15.7. The maximum absolute atomic E-state index is 12.2. The Morgan fingerprint density at radius 3 is 2.82 bits per heavy atom. The summed E-state index contributed by atoms with van der Waals surface area (Å²) in [6, 6.07) is 1.71. The van der Waals surface area contributed by atoms with Gasteiger partial charge in [-0.05, 0) is 13.8 Å². The molecule has 0 saturated carbocycles. The monoisotopic (exact) mass is 318 g/mol. The lowest BCUT2D eigenvalue weighted by Crippen LogP contribution is -2.15. The average molecular weight is 318 g/mol. The van der Waals surface area contributed by atoms with Crippen molar-refractivity contribution in [1.82, 2.24) is 33.5 Å². The molecule has 3 aromatic rings. The Morgan fingerprint density at radius 2 is 2.18 bits per heavy atom. The second-order valence-corrected chi connectivity index (χ2v) is 5.33. The highest BCUT2D eigenvalue weighted by Gasteiger charge is 2.18. The molecule has 0 aliphatic heterocycles. The zero-order valence-electron chi connectivity index (χ0n) is 12.3. The highest BCUT2D eigenvalue weighted by atomic mass is 32.1. The highest BCUT2D eigenvalue weighted by molar-refractivity contribution is 6.99. The number of nitrogens with one attached hydrogen (secondary N) is 1. The normalized spacial score (nSPS) is 10.9. The van der Waals surface area contributed by atoms with Gasteiger partial charge in [-0.15, -0.1) is 5.10 Å². The summed E-state index contributed by atoms with van der Waals surface area (Å²) in [7, 11) is 1.78. The highest BCUT2D eigenvalue weighted by Crippen LogP contribution is 2.11. The molecule has 9 nitrogen and oxygen atoms in total. The summed E-state index contributed by atoms with van der Waals surface area (Å²) in [5, 5.41) is 14.8. The molecule has 0 fully saturated rings. The molecular formula is C12H14N8OS. The lowest BCUT2D eigenvalue weighted by atomic mass is 10.3. The lowest BCUT2D eigenvalue weighted by Gasteiger charge is -2.02. The third-order valence-corrected chi connectivity index (χ3v) is 3.86. The molecule has 0 unspecified atom stereocenters. The van der Waals surface area contributed by atoms with Crippen molar-refractivity contribution in [3.05, 3.63) is 35.0 Å². The van der Waals surface area contributed by atoms with Crippen molar-refractivity contribution in [2.75, 3.05) is 5.32 Å². The molecule has 10 heteroatoms. The summed E-state index contributed by atoms with van der Waals surface area (Å²) in [6.07, 6.45) is 1.75. The van der Waals surface area contributed by atoms with Crippen molar-refractivity contribution in [3.63, 3.8) is 0 Å². The second-order valence-electron chi connectivity index (χ2n) is 4.81. The minimum atomic E-state index is -0.337. The first-order valence-electron chi connectivity index (χ1n) is 6.53. The average Bonchev–Trinajstić information content (AvgIpc) is 3.15. The van der Waals surface area contributed by atoms with E-state index in [1.807, 2.05) is 6.92 Å². The van der Waals surface area contributed by atoms with Crippen LogP contribution in [0.2, 0.25) is 0 Å². The van der Waals surface area contributed by atoms with Gasteiger partial charge in [0.05, 0.1) is 35.4 Å². The van der Waals surface area contributed by atoms with E-state index in [0.29, 0.717) is 18.1 Å². The first kappa shape index (κ1) is 14.3. The first-order chi connectivity index (χ1) is 10.5. The van der Waals surface area contributed by atoms with Crippen LogP contribution in [0.1, 0.15) is 27.6 Å². The van der Waals surface area contributed by atoms with Crippen LogP contribution in [0.5, 0.6) is 0 Å². The molecule has 0 atom stereocenters. The van der Waals surface area contributed by atoms with Gasteiger partial charge in [0, 0.05) is 19.3 Å². The van der Waals surface area contributed by atoms with Crippen LogP contribution in [0.3, 0.4) is 0 Å². The number of hydrogen-bond donors (Lipinski definition) is 1. The zero-order valence-corrected chi connectivity index (χ0v) is 13.1. The molecule has 114 valence electrons. The van der Waals surface area contributed by atoms with E-state index in [-0.39, 0.29) is 11.6 Å². The number of nitrogens with zero attached hydrogens (tertiary/aromatic N) is 7. The van der Waals surface area contributed by atoms with Gasteiger partial charge in [-0.25, -0.2) is 4.68 Å². The van der Waals surface area contributed by atoms with Crippen LogP contribution in [0.4, 0.5) is 5.82 Å². The van der Waals surface area contributed by atoms with Gasteiger partial charge in [-0.3, -0.25) is 9.48 Å². The Bertz CT molecular complexity index is 817. The molecule has 0 aliphatic carbocycles. The van der Waals surface area contributed by atoms with Gasteiger partial charge in [-0.1, -0.05) is 5.21 Å². The van der Waals surface area contributed by atoms with E-state index in [1.165, 1.54) is 0 Å². The van der Waals surface area contributed by atoms with Crippen molar-refractivity contribution < 1.29 is 4.79 Å². The molecule has 3 heterocycles. The Kier molecular flexibility index (Phi) is 3.67. The summed E-state index contributed by atoms with van der Waals surface area (Å²) in [5.74, 6) is 0.136. The molecule has 3 aromatic heterocycles. The molecule has 22 heavy (non-hydrogen) atoms. The van der Waals surface area contributed by atoms with E-state index < -0.39 is 0 Å². The van der Waals surface area contributed by atoms with E-state index in [0.717, 1.165) is 23.1 Å². The number of amides is 1. The third-order valence-electron chi connectivity index (χ3n) is 3.20. The number of carbonyl (C=O) groups is 1. The Labute approximate surface area is 130 Å². The van der Waals surface area contributed by atoms with Crippen LogP contribution < -0.4 is 5.32 Å². The molecule has 0 spiro atoms. The predicted molar refractivity (Wildman–Crippen MR) is 79.7 cm³/mol. The number of aromatic nitrogens is 7. The second kappa shape index (κ2) is 5.64. The van der Waals surface area contributed by atoms with E-state index >= 15 is 0 Å². The summed E-state index contributed by atoms with van der Waals surface area (Å²) >= 11 is 1.16. The Morgan fingerprint density at radius 1 is 1.36 bits per heavy atom. The smallest absolute Gasteiger partial charge is 0.279 e. The van der Waals surface area contributed by atoms with Crippen LogP contribution in [-0.2, 0) is 13.6 Å². The fourth-order valence-corrected chi connectivity index (χ4v) is 2.47. The standard InChI is InChI=1S/C12H14N8OS/c1-7-9(17-22-16-7)6-20-8(2)11(14-18-20)12(21)13-10-4-5-19(3)15-10/h4-5H,6H2,1-3H3,(H,13,15,21). The molecule has 0 aliphatic rings. The molecule has 1 N–H and O–H groups in total. The maximum atomic E-state index is 12.2. The topological polar surface area (TPSA) is 103 Å². The third kappa shape index (κ3) is 2.72. The fraction of sp³-hybridized carbons (Fsp3) is 0.333. The van der Waals surface area contributed by atoms with Crippen LogP contribution >= 0.6 is 11.7 Å². The van der Waals surface area contributed by atoms with Crippen molar-refractivity contribution in [2.45, 2.75) is 20.4 Å². The first-order valence-corrected chi connectivity index (χ1v) is 7.26. The summed E-state index contributed by atoms with van der Waals surface area (Å²) in [4.78, 5) is 12.2. The summed E-state index contributed by atoms with van der Waals surface area (Å²) in [5.41, 5.74) is 2.63. The van der Waals surface area contributed by atoms with Crippen molar-refractivity contribution in [1.29, 1.82) is 0 Å². The number of anilines is 1. The SMILES string of the molecule is Cc1nsnc1Cn1nnc(C(=O)Nc2ccn(C)n2)c1C. The van der Waals surface area contributed by atoms with Gasteiger partial charge in [0.25, 0.3) is 5.91 Å². The maximum Gasteiger partial charge on any atom is 0.279 e. The van der Waals surface area contributed by atoms with E-state index in [9.17, 15) is 4.79 Å². The van der Waals surface area contributed by atoms with Gasteiger partial charge in [0.1, 0.15) is 0 Å². The van der Waals surface area contributed by atoms with E-state index in [4.69, 9.17) is 0 Å². The fourth-order valence-electron chi connectivity index (χ4n) is 1.91. The molecule has 0 aromatic carbocycles. The van der Waals surface area contributed by atoms with Crippen LogP contribution in [0.15, 0.2) is 12.3 Å². The molecule has 0 radical (unpaired) electrons. The van der Waals surface area contributed by atoms with E-state index in [2.05, 4.69) is 29.5 Å².